The predicted octanol–water partition coefficient (Wildman–Crippen LogP) is 6.78. The number of halogens is 2. The first-order valence-corrected chi connectivity index (χ1v) is 13.2. The van der Waals surface area contributed by atoms with Crippen LogP contribution in [0.2, 0.25) is 10.0 Å². The molecule has 0 aliphatic rings. The van der Waals surface area contributed by atoms with Gasteiger partial charge in [0.25, 0.3) is 11.8 Å². The average Bonchev–Trinajstić information content (AvgIpc) is 3.53. The fourth-order valence-corrected chi connectivity index (χ4v) is 4.79. The minimum Gasteiger partial charge on any atom is -0.360 e. The van der Waals surface area contributed by atoms with Gasteiger partial charge in [-0.1, -0.05) is 94.2 Å². The van der Waals surface area contributed by atoms with Crippen molar-refractivity contribution in [2.24, 2.45) is 0 Å². The summed E-state index contributed by atoms with van der Waals surface area (Å²) in [6.07, 6.45) is 0. The van der Waals surface area contributed by atoms with Crippen LogP contribution in [0.25, 0.3) is 22.5 Å². The molecule has 0 aliphatic heterocycles. The highest BCUT2D eigenvalue weighted by atomic mass is 35.5. The van der Waals surface area contributed by atoms with Crippen LogP contribution in [0.4, 0.5) is 0 Å². The molecule has 0 radical (unpaired) electrons. The molecule has 3 aromatic carbocycles. The lowest BCUT2D eigenvalue weighted by Crippen LogP contribution is -2.25. The summed E-state index contributed by atoms with van der Waals surface area (Å²) in [5.41, 5.74) is 4.37. The Hall–Kier alpha value is -4.40. The van der Waals surface area contributed by atoms with E-state index in [9.17, 15) is 9.59 Å². The van der Waals surface area contributed by atoms with Gasteiger partial charge in [0.2, 0.25) is 0 Å². The second-order valence-corrected chi connectivity index (χ2v) is 9.88. The van der Waals surface area contributed by atoms with Gasteiger partial charge in [-0.2, -0.15) is 0 Å². The van der Waals surface area contributed by atoms with Crippen molar-refractivity contribution in [3.63, 3.8) is 0 Å². The van der Waals surface area contributed by atoms with Crippen molar-refractivity contribution >= 4 is 35.0 Å². The summed E-state index contributed by atoms with van der Waals surface area (Å²) in [5, 5.41) is 14.9. The summed E-state index contributed by atoms with van der Waals surface area (Å²) in [7, 11) is 0. The molecule has 0 unspecified atom stereocenters. The average molecular weight is 575 g/mol. The van der Waals surface area contributed by atoms with Crippen molar-refractivity contribution < 1.29 is 18.6 Å². The fraction of sp³-hybridized carbons (Fsp3) is 0.133. The number of aromatic nitrogens is 2. The molecule has 10 heteroatoms. The molecule has 5 aromatic rings. The standard InChI is InChI=1S/C30H24Cl2N4O4/c1-17-25(27(35-39-17)21-10-3-5-12-23(21)31)29(37)33-15-19-8-7-9-20(14-19)16-34-30(38)26-18(2)40-36-28(26)22-11-4-6-13-24(22)32/h3-14H,15-16H2,1-2H3,(H,33,37)(H,34,38). The van der Waals surface area contributed by atoms with Gasteiger partial charge in [0.1, 0.15) is 34.0 Å². The van der Waals surface area contributed by atoms with E-state index in [0.29, 0.717) is 55.2 Å². The van der Waals surface area contributed by atoms with E-state index in [-0.39, 0.29) is 24.9 Å². The zero-order valence-corrected chi connectivity index (χ0v) is 23.1. The van der Waals surface area contributed by atoms with Crippen LogP contribution < -0.4 is 10.6 Å². The Kier molecular flexibility index (Phi) is 8.00. The smallest absolute Gasteiger partial charge is 0.257 e. The molecule has 40 heavy (non-hydrogen) atoms. The second kappa shape index (κ2) is 11.8. The number of rotatable bonds is 8. The van der Waals surface area contributed by atoms with Crippen molar-refractivity contribution in [3.8, 4) is 22.5 Å². The van der Waals surface area contributed by atoms with Crippen molar-refractivity contribution in [3.05, 3.63) is 117 Å². The van der Waals surface area contributed by atoms with Gasteiger partial charge in [-0.05, 0) is 37.1 Å². The van der Waals surface area contributed by atoms with Gasteiger partial charge in [0.05, 0.1) is 10.0 Å². The quantitative estimate of drug-likeness (QED) is 0.211. The number of hydrogen-bond acceptors (Lipinski definition) is 6. The first-order chi connectivity index (χ1) is 19.3. The first kappa shape index (κ1) is 27.2. The van der Waals surface area contributed by atoms with Crippen molar-refractivity contribution in [2.75, 3.05) is 0 Å². The monoisotopic (exact) mass is 574 g/mol. The van der Waals surface area contributed by atoms with Crippen LogP contribution in [0.15, 0.2) is 81.8 Å². The number of carbonyl (C=O) groups is 2. The molecule has 8 nitrogen and oxygen atoms in total. The van der Waals surface area contributed by atoms with Crippen LogP contribution in [-0.2, 0) is 13.1 Å². The molecule has 0 saturated heterocycles. The minimum atomic E-state index is -0.331. The molecule has 2 aromatic heterocycles. The molecule has 0 fully saturated rings. The maximum absolute atomic E-state index is 13.1. The van der Waals surface area contributed by atoms with Crippen LogP contribution in [0.3, 0.4) is 0 Å². The molecule has 202 valence electrons. The maximum Gasteiger partial charge on any atom is 0.257 e. The zero-order chi connectivity index (χ0) is 28.2. The number of amides is 2. The van der Waals surface area contributed by atoms with E-state index < -0.39 is 0 Å². The van der Waals surface area contributed by atoms with Crippen LogP contribution in [-0.4, -0.2) is 22.1 Å². The molecule has 2 amide bonds. The van der Waals surface area contributed by atoms with Gasteiger partial charge in [-0.3, -0.25) is 9.59 Å². The van der Waals surface area contributed by atoms with Crippen LogP contribution in [0.5, 0.6) is 0 Å². The Morgan fingerprint density at radius 3 is 1.52 bits per heavy atom. The molecular formula is C30H24Cl2N4O4. The SMILES string of the molecule is Cc1onc(-c2ccccc2Cl)c1C(=O)NCc1cccc(CNC(=O)c2c(-c3ccccc3Cl)noc2C)c1. The van der Waals surface area contributed by atoms with E-state index in [2.05, 4.69) is 20.9 Å². The van der Waals surface area contributed by atoms with Crippen LogP contribution in [0.1, 0.15) is 43.4 Å². The lowest BCUT2D eigenvalue weighted by molar-refractivity contribution is 0.0942. The highest BCUT2D eigenvalue weighted by molar-refractivity contribution is 6.33. The summed E-state index contributed by atoms with van der Waals surface area (Å²) >= 11 is 12.6. The molecule has 0 saturated carbocycles. The number of aryl methyl sites for hydroxylation is 2. The van der Waals surface area contributed by atoms with Gasteiger partial charge in [0.15, 0.2) is 0 Å². The Balaban J connectivity index is 1.26. The fourth-order valence-electron chi connectivity index (χ4n) is 4.34. The lowest BCUT2D eigenvalue weighted by Gasteiger charge is -2.10. The van der Waals surface area contributed by atoms with Crippen LogP contribution >= 0.6 is 23.2 Å². The summed E-state index contributed by atoms with van der Waals surface area (Å²) in [6.45, 7) is 3.88. The highest BCUT2D eigenvalue weighted by Crippen LogP contribution is 2.32. The van der Waals surface area contributed by atoms with Gasteiger partial charge in [-0.25, -0.2) is 0 Å². The molecular weight excluding hydrogens is 551 g/mol. The van der Waals surface area contributed by atoms with Crippen molar-refractivity contribution in [2.45, 2.75) is 26.9 Å². The lowest BCUT2D eigenvalue weighted by atomic mass is 10.0. The third-order valence-electron chi connectivity index (χ3n) is 6.34. The second-order valence-electron chi connectivity index (χ2n) is 9.07. The molecule has 2 heterocycles. The number of hydrogen-bond donors (Lipinski definition) is 2. The summed E-state index contributed by atoms with van der Waals surface area (Å²) in [6, 6.07) is 21.8. The Bertz CT molecular complexity index is 1590. The van der Waals surface area contributed by atoms with Gasteiger partial charge < -0.3 is 19.7 Å². The van der Waals surface area contributed by atoms with E-state index in [0.717, 1.165) is 11.1 Å². The Labute approximate surface area is 240 Å². The van der Waals surface area contributed by atoms with E-state index in [1.54, 1.807) is 50.2 Å². The zero-order valence-electron chi connectivity index (χ0n) is 21.6. The molecule has 0 bridgehead atoms. The number of nitrogens with one attached hydrogen (secondary N) is 2. The molecule has 5 rings (SSSR count). The summed E-state index contributed by atoms with van der Waals surface area (Å²) in [5.74, 6) is 0.123. The molecule has 0 aliphatic carbocycles. The molecule has 0 atom stereocenters. The van der Waals surface area contributed by atoms with Crippen molar-refractivity contribution in [1.82, 2.24) is 20.9 Å². The van der Waals surface area contributed by atoms with Gasteiger partial charge >= 0.3 is 0 Å². The highest BCUT2D eigenvalue weighted by Gasteiger charge is 2.24. The van der Waals surface area contributed by atoms with E-state index in [4.69, 9.17) is 32.2 Å². The summed E-state index contributed by atoms with van der Waals surface area (Å²) in [4.78, 5) is 26.2. The Morgan fingerprint density at radius 2 is 1.10 bits per heavy atom. The first-order valence-electron chi connectivity index (χ1n) is 12.4. The number of benzene rings is 3. The Morgan fingerprint density at radius 1 is 0.675 bits per heavy atom. The third-order valence-corrected chi connectivity index (χ3v) is 6.99. The molecule has 2 N–H and O–H groups in total. The summed E-state index contributed by atoms with van der Waals surface area (Å²) < 4.78 is 10.6. The number of carbonyl (C=O) groups excluding carboxylic acids is 2. The number of nitrogens with zero attached hydrogens (tertiary/aromatic N) is 2. The third kappa shape index (κ3) is 5.64. The predicted molar refractivity (Wildman–Crippen MR) is 152 cm³/mol. The minimum absolute atomic E-state index is 0.259. The van der Waals surface area contributed by atoms with Crippen molar-refractivity contribution in [1.29, 1.82) is 0 Å². The van der Waals surface area contributed by atoms with Crippen LogP contribution in [0, 0.1) is 13.8 Å². The normalized spacial score (nSPS) is 10.9. The van der Waals surface area contributed by atoms with Gasteiger partial charge in [0, 0.05) is 24.2 Å². The van der Waals surface area contributed by atoms with Gasteiger partial charge in [-0.15, -0.1) is 0 Å². The van der Waals surface area contributed by atoms with E-state index in [1.165, 1.54) is 0 Å². The largest absolute Gasteiger partial charge is 0.360 e. The topological polar surface area (TPSA) is 110 Å². The molecule has 0 spiro atoms. The van der Waals surface area contributed by atoms with E-state index in [1.807, 2.05) is 36.4 Å². The maximum atomic E-state index is 13.1. The van der Waals surface area contributed by atoms with E-state index >= 15 is 0 Å².